The molecular weight excluding hydrogens is 412 g/mol. The molecule has 3 heterocycles. The Bertz CT molecular complexity index is 1090. The summed E-state index contributed by atoms with van der Waals surface area (Å²) in [6, 6.07) is 13.5. The van der Waals surface area contributed by atoms with Crippen molar-refractivity contribution in [1.82, 2.24) is 14.9 Å². The maximum absolute atomic E-state index is 13.8. The number of halogens is 2. The number of hydrogen-bond donors (Lipinski definition) is 2. The topological polar surface area (TPSA) is 84.1 Å². The fourth-order valence-electron chi connectivity index (χ4n) is 3.75. The van der Waals surface area contributed by atoms with Crippen LogP contribution in [0.4, 0.5) is 14.5 Å². The molecule has 1 aliphatic rings. The third-order valence-electron chi connectivity index (χ3n) is 5.56. The van der Waals surface area contributed by atoms with Gasteiger partial charge in [0.15, 0.2) is 0 Å². The van der Waals surface area contributed by atoms with E-state index in [2.05, 4.69) is 15.3 Å². The first-order valence-corrected chi connectivity index (χ1v) is 10.5. The number of nitrogens with two attached hydrogens (primary N) is 1. The summed E-state index contributed by atoms with van der Waals surface area (Å²) in [6.07, 6.45) is 3.07. The maximum atomic E-state index is 13.8. The van der Waals surface area contributed by atoms with Gasteiger partial charge in [0.25, 0.3) is 11.8 Å². The Balaban J connectivity index is 1.61. The molecule has 0 saturated carbocycles. The molecule has 1 aromatic carbocycles. The Kier molecular flexibility index (Phi) is 6.25. The normalized spacial score (nSPS) is 18.3. The maximum Gasteiger partial charge on any atom is 0.274 e. The summed E-state index contributed by atoms with van der Waals surface area (Å²) in [4.78, 5) is 23.0. The molecule has 1 saturated heterocycles. The quantitative estimate of drug-likeness (QED) is 0.633. The lowest BCUT2D eigenvalue weighted by molar-refractivity contribution is -0.0738. The van der Waals surface area contributed by atoms with Crippen LogP contribution in [0, 0.1) is 6.92 Å². The van der Waals surface area contributed by atoms with Gasteiger partial charge in [0.2, 0.25) is 0 Å². The number of aromatic nitrogens is 2. The number of rotatable bonds is 5. The minimum Gasteiger partial charge on any atom is -0.322 e. The number of likely N-dealkylation sites (tertiary alicyclic amines) is 1. The Hall–Kier alpha value is -3.23. The van der Waals surface area contributed by atoms with Crippen molar-refractivity contribution in [2.75, 3.05) is 18.4 Å². The molecule has 4 rings (SSSR count). The zero-order valence-corrected chi connectivity index (χ0v) is 17.8. The van der Waals surface area contributed by atoms with E-state index in [4.69, 9.17) is 5.73 Å². The van der Waals surface area contributed by atoms with Gasteiger partial charge < -0.3 is 11.1 Å². The zero-order valence-electron chi connectivity index (χ0n) is 17.8. The third-order valence-corrected chi connectivity index (χ3v) is 5.56. The van der Waals surface area contributed by atoms with E-state index in [1.165, 1.54) is 0 Å². The summed E-state index contributed by atoms with van der Waals surface area (Å²) in [7, 11) is 0. The predicted molar refractivity (Wildman–Crippen MR) is 119 cm³/mol. The van der Waals surface area contributed by atoms with Crippen LogP contribution in [-0.4, -0.2) is 45.8 Å². The Labute approximate surface area is 185 Å². The van der Waals surface area contributed by atoms with Gasteiger partial charge in [-0.25, -0.2) is 8.78 Å². The number of nitrogens with one attached hydrogen (secondary N) is 1. The van der Waals surface area contributed by atoms with E-state index in [1.807, 2.05) is 42.2 Å². The highest BCUT2D eigenvalue weighted by atomic mass is 19.3. The van der Waals surface area contributed by atoms with E-state index < -0.39 is 12.0 Å². The fourth-order valence-corrected chi connectivity index (χ4v) is 3.75. The van der Waals surface area contributed by atoms with Crippen molar-refractivity contribution in [2.24, 2.45) is 5.73 Å². The molecule has 1 unspecified atom stereocenters. The van der Waals surface area contributed by atoms with Crippen LogP contribution in [-0.2, 0) is 6.54 Å². The van der Waals surface area contributed by atoms with E-state index in [-0.39, 0.29) is 25.4 Å². The first-order valence-electron chi connectivity index (χ1n) is 10.5. The average Bonchev–Trinajstić information content (AvgIpc) is 2.77. The van der Waals surface area contributed by atoms with Crippen molar-refractivity contribution >= 4 is 11.6 Å². The van der Waals surface area contributed by atoms with Crippen LogP contribution in [0.15, 0.2) is 60.9 Å². The number of carbonyl (C=O) groups is 1. The van der Waals surface area contributed by atoms with Crippen LogP contribution in [0.25, 0.3) is 11.1 Å². The SMILES string of the molecule is Cc1ccc(-c2cc(CN3CCC(F)(F)C(N)C3)cc(NC(=O)c3ccccn3)c2)cn1. The van der Waals surface area contributed by atoms with E-state index in [0.717, 1.165) is 22.4 Å². The van der Waals surface area contributed by atoms with Crippen LogP contribution < -0.4 is 11.1 Å². The number of nitrogens with zero attached hydrogens (tertiary/aromatic N) is 3. The fraction of sp³-hybridized carbons (Fsp3) is 0.292. The lowest BCUT2D eigenvalue weighted by Gasteiger charge is -2.36. The number of amides is 1. The molecule has 0 aliphatic carbocycles. The van der Waals surface area contributed by atoms with Gasteiger partial charge in [-0.2, -0.15) is 0 Å². The highest BCUT2D eigenvalue weighted by Crippen LogP contribution is 2.30. The molecule has 0 radical (unpaired) electrons. The van der Waals surface area contributed by atoms with Gasteiger partial charge >= 0.3 is 0 Å². The minimum atomic E-state index is -2.84. The number of piperidine rings is 1. The highest BCUT2D eigenvalue weighted by Gasteiger charge is 2.41. The summed E-state index contributed by atoms with van der Waals surface area (Å²) in [5.41, 5.74) is 10.1. The van der Waals surface area contributed by atoms with Gasteiger partial charge in [0.1, 0.15) is 5.69 Å². The molecular formula is C24H25F2N5O. The van der Waals surface area contributed by atoms with Gasteiger partial charge in [-0.15, -0.1) is 0 Å². The number of pyridine rings is 2. The standard InChI is InChI=1S/C24H25F2N5O/c1-16-5-6-18(13-29-16)19-10-17(14-31-9-7-24(25,26)22(27)15-31)11-20(12-19)30-23(32)21-4-2-3-8-28-21/h2-6,8,10-13,22H,7,9,14-15,27H2,1H3,(H,30,32). The second kappa shape index (κ2) is 9.10. The molecule has 32 heavy (non-hydrogen) atoms. The molecule has 2 aromatic heterocycles. The van der Waals surface area contributed by atoms with Gasteiger partial charge in [0, 0.05) is 55.4 Å². The summed E-state index contributed by atoms with van der Waals surface area (Å²) < 4.78 is 27.6. The van der Waals surface area contributed by atoms with E-state index >= 15 is 0 Å². The molecule has 3 N–H and O–H groups in total. The summed E-state index contributed by atoms with van der Waals surface area (Å²) in [5, 5.41) is 2.89. The first-order chi connectivity index (χ1) is 15.3. The Morgan fingerprint density at radius 2 is 2.03 bits per heavy atom. The van der Waals surface area contributed by atoms with Crippen molar-refractivity contribution in [3.8, 4) is 11.1 Å². The molecule has 166 valence electrons. The number of hydrogen-bond acceptors (Lipinski definition) is 5. The van der Waals surface area contributed by atoms with Crippen molar-refractivity contribution in [3.63, 3.8) is 0 Å². The summed E-state index contributed by atoms with van der Waals surface area (Å²) >= 11 is 0. The van der Waals surface area contributed by atoms with E-state index in [1.54, 1.807) is 30.6 Å². The summed E-state index contributed by atoms with van der Waals surface area (Å²) in [6.45, 7) is 2.73. The number of aryl methyl sites for hydroxylation is 1. The molecule has 8 heteroatoms. The number of benzene rings is 1. The molecule has 1 amide bonds. The van der Waals surface area contributed by atoms with Gasteiger partial charge in [0.05, 0.1) is 6.04 Å². The molecule has 1 aliphatic heterocycles. The highest BCUT2D eigenvalue weighted by molar-refractivity contribution is 6.03. The van der Waals surface area contributed by atoms with Crippen LogP contribution in [0.3, 0.4) is 0 Å². The number of alkyl halides is 2. The molecule has 0 bridgehead atoms. The third kappa shape index (κ3) is 5.15. The lowest BCUT2D eigenvalue weighted by Crippen LogP contribution is -2.54. The van der Waals surface area contributed by atoms with Crippen molar-refractivity contribution in [2.45, 2.75) is 31.9 Å². The lowest BCUT2D eigenvalue weighted by atomic mass is 9.99. The first kappa shape index (κ1) is 22.0. The van der Waals surface area contributed by atoms with Crippen molar-refractivity contribution in [1.29, 1.82) is 0 Å². The smallest absolute Gasteiger partial charge is 0.274 e. The average molecular weight is 437 g/mol. The molecule has 1 atom stereocenters. The van der Waals surface area contributed by atoms with Gasteiger partial charge in [-0.3, -0.25) is 19.7 Å². The van der Waals surface area contributed by atoms with Gasteiger partial charge in [-0.05, 0) is 54.4 Å². The van der Waals surface area contributed by atoms with Crippen molar-refractivity contribution in [3.05, 3.63) is 77.9 Å². The summed E-state index contributed by atoms with van der Waals surface area (Å²) in [5.74, 6) is -3.16. The predicted octanol–water partition coefficient (Wildman–Crippen LogP) is 3.87. The number of anilines is 1. The van der Waals surface area contributed by atoms with E-state index in [9.17, 15) is 13.6 Å². The van der Waals surface area contributed by atoms with Crippen molar-refractivity contribution < 1.29 is 13.6 Å². The van der Waals surface area contributed by atoms with Crippen LogP contribution >= 0.6 is 0 Å². The largest absolute Gasteiger partial charge is 0.322 e. The van der Waals surface area contributed by atoms with Crippen LogP contribution in [0.1, 0.15) is 28.2 Å². The number of carbonyl (C=O) groups excluding carboxylic acids is 1. The molecule has 1 fully saturated rings. The van der Waals surface area contributed by atoms with E-state index in [0.29, 0.717) is 17.9 Å². The molecule has 0 spiro atoms. The monoisotopic (exact) mass is 437 g/mol. The van der Waals surface area contributed by atoms with Crippen LogP contribution in [0.2, 0.25) is 0 Å². The zero-order chi connectivity index (χ0) is 22.7. The minimum absolute atomic E-state index is 0.110. The van der Waals surface area contributed by atoms with Gasteiger partial charge in [-0.1, -0.05) is 12.1 Å². The van der Waals surface area contributed by atoms with Crippen LogP contribution in [0.5, 0.6) is 0 Å². The molecule has 6 nitrogen and oxygen atoms in total. The second-order valence-corrected chi connectivity index (χ2v) is 8.13. The molecule has 3 aromatic rings. The Morgan fingerprint density at radius 3 is 2.72 bits per heavy atom. The Morgan fingerprint density at radius 1 is 1.19 bits per heavy atom. The second-order valence-electron chi connectivity index (χ2n) is 8.13.